The summed E-state index contributed by atoms with van der Waals surface area (Å²) in [4.78, 5) is 10.4. The van der Waals surface area contributed by atoms with Gasteiger partial charge in [0.25, 0.3) is 0 Å². The molecule has 2 atom stereocenters. The summed E-state index contributed by atoms with van der Waals surface area (Å²) in [5, 5.41) is 0. The molecule has 0 aromatic carbocycles. The van der Waals surface area contributed by atoms with E-state index in [1.165, 1.54) is 70.6 Å². The predicted octanol–water partition coefficient (Wildman–Crippen LogP) is 4.65. The van der Waals surface area contributed by atoms with Crippen molar-refractivity contribution in [1.29, 1.82) is 0 Å². The minimum Gasteiger partial charge on any atom is -0.362 e. The Bertz CT molecular complexity index is 203. The Kier molecular flexibility index (Phi) is 9.19. The number of rotatable bonds is 13. The summed E-state index contributed by atoms with van der Waals surface area (Å²) in [5.74, 6) is 0. The Morgan fingerprint density at radius 2 is 1.33 bits per heavy atom. The van der Waals surface area contributed by atoms with Crippen LogP contribution in [0.3, 0.4) is 0 Å². The van der Waals surface area contributed by atoms with Gasteiger partial charge in [0.2, 0.25) is 0 Å². The molecule has 0 N–H and O–H groups in total. The summed E-state index contributed by atoms with van der Waals surface area (Å²) < 4.78 is 5.19. The highest BCUT2D eigenvalue weighted by atomic mass is 16.6. The summed E-state index contributed by atoms with van der Waals surface area (Å²) in [7, 11) is 0. The Morgan fingerprint density at radius 3 is 1.78 bits per heavy atom. The van der Waals surface area contributed by atoms with Gasteiger partial charge in [-0.15, -0.1) is 0 Å². The quantitative estimate of drug-likeness (QED) is 0.272. The Morgan fingerprint density at radius 1 is 0.833 bits per heavy atom. The molecule has 2 heteroatoms. The second-order valence-corrected chi connectivity index (χ2v) is 5.60. The summed E-state index contributed by atoms with van der Waals surface area (Å²) in [6, 6.07) is 0. The lowest BCUT2D eigenvalue weighted by Gasteiger charge is -2.01. The van der Waals surface area contributed by atoms with Crippen LogP contribution in [0.4, 0.5) is 0 Å². The number of hydrogen-bond acceptors (Lipinski definition) is 2. The van der Waals surface area contributed by atoms with Crippen LogP contribution >= 0.6 is 0 Å². The van der Waals surface area contributed by atoms with E-state index < -0.39 is 0 Å². The summed E-state index contributed by atoms with van der Waals surface area (Å²) >= 11 is 0. The SMILES string of the molecule is CCCCCCCCCCCCC[C@@H]1O[C@H]1C=O. The molecular weight excluding hydrogens is 224 g/mol. The molecule has 0 spiro atoms. The highest BCUT2D eigenvalue weighted by molar-refractivity contribution is 5.60. The zero-order valence-electron chi connectivity index (χ0n) is 12.0. The molecule has 1 rings (SSSR count). The number of carbonyl (C=O) groups excluding carboxylic acids is 1. The van der Waals surface area contributed by atoms with Gasteiger partial charge in [0, 0.05) is 0 Å². The summed E-state index contributed by atoms with van der Waals surface area (Å²) in [6.45, 7) is 2.27. The fourth-order valence-electron chi connectivity index (χ4n) is 2.52. The number of aldehydes is 1. The van der Waals surface area contributed by atoms with E-state index in [2.05, 4.69) is 6.92 Å². The van der Waals surface area contributed by atoms with Crippen molar-refractivity contribution < 1.29 is 9.53 Å². The van der Waals surface area contributed by atoms with Gasteiger partial charge in [0.1, 0.15) is 6.10 Å². The first-order chi connectivity index (χ1) is 8.88. The molecule has 106 valence electrons. The molecule has 0 amide bonds. The van der Waals surface area contributed by atoms with Crippen LogP contribution in [0.15, 0.2) is 0 Å². The number of hydrogen-bond donors (Lipinski definition) is 0. The first-order valence-electron chi connectivity index (χ1n) is 7.99. The van der Waals surface area contributed by atoms with Gasteiger partial charge in [0.15, 0.2) is 6.29 Å². The van der Waals surface area contributed by atoms with Crippen molar-refractivity contribution in [2.45, 2.75) is 96.2 Å². The molecule has 1 heterocycles. The Labute approximate surface area is 112 Å². The normalized spacial score (nSPS) is 22.1. The fraction of sp³-hybridized carbons (Fsp3) is 0.938. The van der Waals surface area contributed by atoms with Gasteiger partial charge in [-0.25, -0.2) is 0 Å². The zero-order chi connectivity index (χ0) is 13.1. The molecule has 0 aliphatic carbocycles. The van der Waals surface area contributed by atoms with Crippen molar-refractivity contribution in [1.82, 2.24) is 0 Å². The van der Waals surface area contributed by atoms with Crippen LogP contribution in [0.2, 0.25) is 0 Å². The largest absolute Gasteiger partial charge is 0.362 e. The number of ether oxygens (including phenoxy) is 1. The molecule has 0 aromatic rings. The van der Waals surface area contributed by atoms with Crippen molar-refractivity contribution in [3.63, 3.8) is 0 Å². The molecule has 1 aliphatic rings. The van der Waals surface area contributed by atoms with Crippen LogP contribution in [0.1, 0.15) is 84.0 Å². The zero-order valence-corrected chi connectivity index (χ0v) is 12.0. The van der Waals surface area contributed by atoms with E-state index in [-0.39, 0.29) is 12.2 Å². The van der Waals surface area contributed by atoms with Crippen molar-refractivity contribution in [2.24, 2.45) is 0 Å². The third kappa shape index (κ3) is 7.86. The van der Waals surface area contributed by atoms with E-state index in [4.69, 9.17) is 4.74 Å². The van der Waals surface area contributed by atoms with Crippen LogP contribution in [0.5, 0.6) is 0 Å². The third-order valence-corrected chi connectivity index (χ3v) is 3.85. The number of epoxide rings is 1. The monoisotopic (exact) mass is 254 g/mol. The average Bonchev–Trinajstić information content (AvgIpc) is 3.14. The first kappa shape index (κ1) is 15.7. The predicted molar refractivity (Wildman–Crippen MR) is 75.8 cm³/mol. The van der Waals surface area contributed by atoms with Crippen LogP contribution in [0, 0.1) is 0 Å². The molecule has 0 radical (unpaired) electrons. The van der Waals surface area contributed by atoms with E-state index in [0.29, 0.717) is 0 Å². The highest BCUT2D eigenvalue weighted by Gasteiger charge is 2.37. The molecule has 0 saturated carbocycles. The van der Waals surface area contributed by atoms with Gasteiger partial charge < -0.3 is 9.53 Å². The summed E-state index contributed by atoms with van der Waals surface area (Å²) in [6.07, 6.45) is 17.4. The van der Waals surface area contributed by atoms with Crippen molar-refractivity contribution in [3.05, 3.63) is 0 Å². The molecule has 1 aliphatic heterocycles. The van der Waals surface area contributed by atoms with E-state index >= 15 is 0 Å². The fourth-order valence-corrected chi connectivity index (χ4v) is 2.52. The highest BCUT2D eigenvalue weighted by Crippen LogP contribution is 2.25. The topological polar surface area (TPSA) is 29.6 Å². The molecular formula is C16H30O2. The van der Waals surface area contributed by atoms with Crippen LogP contribution in [-0.2, 0) is 9.53 Å². The molecule has 1 fully saturated rings. The second kappa shape index (κ2) is 10.5. The Hall–Kier alpha value is -0.370. The Balaban J connectivity index is 1.68. The minimum absolute atomic E-state index is 0.0619. The summed E-state index contributed by atoms with van der Waals surface area (Å²) in [5.41, 5.74) is 0. The van der Waals surface area contributed by atoms with E-state index in [1.807, 2.05) is 0 Å². The molecule has 2 nitrogen and oxygen atoms in total. The lowest BCUT2D eigenvalue weighted by atomic mass is 10.0. The molecule has 0 bridgehead atoms. The van der Waals surface area contributed by atoms with Crippen molar-refractivity contribution in [3.8, 4) is 0 Å². The van der Waals surface area contributed by atoms with Gasteiger partial charge in [-0.2, -0.15) is 0 Å². The molecule has 18 heavy (non-hydrogen) atoms. The average molecular weight is 254 g/mol. The maximum atomic E-state index is 10.4. The molecule has 0 aromatic heterocycles. The van der Waals surface area contributed by atoms with Gasteiger partial charge in [-0.1, -0.05) is 77.6 Å². The standard InChI is InChI=1S/C16H30O2/c1-2-3-4-5-6-7-8-9-10-11-12-13-15-16(14-17)18-15/h14-16H,2-13H2,1H3/t15-,16-/m0/s1. The lowest BCUT2D eigenvalue weighted by Crippen LogP contribution is -1.94. The van der Waals surface area contributed by atoms with Gasteiger partial charge in [0.05, 0.1) is 6.10 Å². The second-order valence-electron chi connectivity index (χ2n) is 5.60. The first-order valence-corrected chi connectivity index (χ1v) is 7.99. The maximum absolute atomic E-state index is 10.4. The van der Waals surface area contributed by atoms with E-state index in [9.17, 15) is 4.79 Å². The van der Waals surface area contributed by atoms with Crippen LogP contribution < -0.4 is 0 Å². The molecule has 1 saturated heterocycles. The van der Waals surface area contributed by atoms with E-state index in [0.717, 1.165) is 12.7 Å². The van der Waals surface area contributed by atoms with Crippen molar-refractivity contribution in [2.75, 3.05) is 0 Å². The van der Waals surface area contributed by atoms with Gasteiger partial charge in [-0.05, 0) is 6.42 Å². The van der Waals surface area contributed by atoms with Gasteiger partial charge in [-0.3, -0.25) is 0 Å². The van der Waals surface area contributed by atoms with Crippen LogP contribution in [0.25, 0.3) is 0 Å². The van der Waals surface area contributed by atoms with Gasteiger partial charge >= 0.3 is 0 Å². The maximum Gasteiger partial charge on any atom is 0.151 e. The van der Waals surface area contributed by atoms with Crippen molar-refractivity contribution >= 4 is 6.29 Å². The number of unbranched alkanes of at least 4 members (excludes halogenated alkanes) is 10. The minimum atomic E-state index is -0.0619. The third-order valence-electron chi connectivity index (χ3n) is 3.85. The lowest BCUT2D eigenvalue weighted by molar-refractivity contribution is -0.108. The number of carbonyl (C=O) groups is 1. The smallest absolute Gasteiger partial charge is 0.151 e. The molecule has 0 unspecified atom stereocenters. The van der Waals surface area contributed by atoms with E-state index in [1.54, 1.807) is 0 Å². The van der Waals surface area contributed by atoms with Crippen LogP contribution in [-0.4, -0.2) is 18.5 Å².